The Bertz CT molecular complexity index is 471. The van der Waals surface area contributed by atoms with Crippen LogP contribution in [0.1, 0.15) is 30.1 Å². The SMILES string of the molecule is CC1CCN(CCNC(=O)c2cc(Br)ccc2Br)CC1. The zero-order chi connectivity index (χ0) is 14.5. The van der Waals surface area contributed by atoms with Gasteiger partial charge in [0.1, 0.15) is 0 Å². The fraction of sp³-hybridized carbons (Fsp3) is 0.533. The summed E-state index contributed by atoms with van der Waals surface area (Å²) in [5, 5.41) is 2.99. The highest BCUT2D eigenvalue weighted by Crippen LogP contribution is 2.21. The molecule has 1 aromatic carbocycles. The number of nitrogens with one attached hydrogen (secondary N) is 1. The first kappa shape index (κ1) is 16.0. The van der Waals surface area contributed by atoms with Crippen LogP contribution in [0.15, 0.2) is 27.1 Å². The number of carbonyl (C=O) groups excluding carboxylic acids is 1. The maximum Gasteiger partial charge on any atom is 0.252 e. The second-order valence-electron chi connectivity index (χ2n) is 5.40. The zero-order valence-electron chi connectivity index (χ0n) is 11.7. The molecule has 3 nitrogen and oxygen atoms in total. The van der Waals surface area contributed by atoms with Crippen molar-refractivity contribution in [3.05, 3.63) is 32.7 Å². The standard InChI is InChI=1S/C15H20Br2N2O/c1-11-4-7-19(8-5-11)9-6-18-15(20)13-10-12(16)2-3-14(13)17/h2-3,10-11H,4-9H2,1H3,(H,18,20). The van der Waals surface area contributed by atoms with Crippen LogP contribution in [0.25, 0.3) is 0 Å². The van der Waals surface area contributed by atoms with Crippen molar-refractivity contribution in [3.8, 4) is 0 Å². The summed E-state index contributed by atoms with van der Waals surface area (Å²) in [6, 6.07) is 5.63. The Kier molecular flexibility index (Phi) is 6.05. The molecule has 0 bridgehead atoms. The van der Waals surface area contributed by atoms with Crippen molar-refractivity contribution in [2.24, 2.45) is 5.92 Å². The molecule has 1 fully saturated rings. The fourth-order valence-electron chi connectivity index (χ4n) is 2.38. The lowest BCUT2D eigenvalue weighted by Gasteiger charge is -2.30. The van der Waals surface area contributed by atoms with Crippen molar-refractivity contribution in [1.82, 2.24) is 10.2 Å². The highest BCUT2D eigenvalue weighted by Gasteiger charge is 2.16. The van der Waals surface area contributed by atoms with Gasteiger partial charge in [0.05, 0.1) is 5.56 Å². The van der Waals surface area contributed by atoms with E-state index in [0.29, 0.717) is 12.1 Å². The van der Waals surface area contributed by atoms with Gasteiger partial charge in [0.2, 0.25) is 0 Å². The predicted octanol–water partition coefficient (Wildman–Crippen LogP) is 3.67. The van der Waals surface area contributed by atoms with E-state index < -0.39 is 0 Å². The van der Waals surface area contributed by atoms with Gasteiger partial charge in [-0.05, 0) is 66.0 Å². The molecule has 0 unspecified atom stereocenters. The van der Waals surface area contributed by atoms with Crippen molar-refractivity contribution in [2.75, 3.05) is 26.2 Å². The molecule has 20 heavy (non-hydrogen) atoms. The van der Waals surface area contributed by atoms with Crippen LogP contribution in [0.4, 0.5) is 0 Å². The highest BCUT2D eigenvalue weighted by molar-refractivity contribution is 9.11. The van der Waals surface area contributed by atoms with Crippen LogP contribution in [-0.2, 0) is 0 Å². The van der Waals surface area contributed by atoms with E-state index in [2.05, 4.69) is 49.0 Å². The topological polar surface area (TPSA) is 32.3 Å². The number of amides is 1. The molecule has 0 spiro atoms. The van der Waals surface area contributed by atoms with E-state index in [1.807, 2.05) is 18.2 Å². The summed E-state index contributed by atoms with van der Waals surface area (Å²) in [5.41, 5.74) is 0.673. The van der Waals surface area contributed by atoms with Gasteiger partial charge in [-0.1, -0.05) is 22.9 Å². The van der Waals surface area contributed by atoms with Crippen molar-refractivity contribution < 1.29 is 4.79 Å². The molecular weight excluding hydrogens is 384 g/mol. The fourth-order valence-corrected chi connectivity index (χ4v) is 3.17. The maximum atomic E-state index is 12.1. The lowest BCUT2D eigenvalue weighted by atomic mass is 9.99. The van der Waals surface area contributed by atoms with Crippen LogP contribution in [0, 0.1) is 5.92 Å². The molecule has 0 aliphatic carbocycles. The average Bonchev–Trinajstić information content (AvgIpc) is 2.43. The summed E-state index contributed by atoms with van der Waals surface area (Å²) in [7, 11) is 0. The molecule has 1 aliphatic rings. The Hall–Kier alpha value is -0.390. The van der Waals surface area contributed by atoms with E-state index in [0.717, 1.165) is 34.5 Å². The molecule has 1 N–H and O–H groups in total. The Morgan fingerprint density at radius 1 is 1.35 bits per heavy atom. The van der Waals surface area contributed by atoms with Crippen LogP contribution in [0.5, 0.6) is 0 Å². The maximum absolute atomic E-state index is 12.1. The number of rotatable bonds is 4. The monoisotopic (exact) mass is 402 g/mol. The minimum Gasteiger partial charge on any atom is -0.351 e. The largest absolute Gasteiger partial charge is 0.351 e. The number of halogens is 2. The third-order valence-electron chi connectivity index (χ3n) is 3.76. The Balaban J connectivity index is 1.79. The van der Waals surface area contributed by atoms with Gasteiger partial charge in [-0.25, -0.2) is 0 Å². The van der Waals surface area contributed by atoms with Crippen molar-refractivity contribution in [1.29, 1.82) is 0 Å². The highest BCUT2D eigenvalue weighted by atomic mass is 79.9. The minimum atomic E-state index is -0.0245. The Labute approximate surface area is 137 Å². The molecule has 2 rings (SSSR count). The summed E-state index contributed by atoms with van der Waals surface area (Å²) in [6.45, 7) is 6.25. The third kappa shape index (κ3) is 4.57. The minimum absolute atomic E-state index is 0.0245. The molecule has 110 valence electrons. The van der Waals surface area contributed by atoms with E-state index in [1.165, 1.54) is 12.8 Å². The second-order valence-corrected chi connectivity index (χ2v) is 7.17. The first-order valence-electron chi connectivity index (χ1n) is 7.02. The number of likely N-dealkylation sites (tertiary alicyclic amines) is 1. The first-order chi connectivity index (χ1) is 9.56. The summed E-state index contributed by atoms with van der Waals surface area (Å²) in [4.78, 5) is 14.6. The van der Waals surface area contributed by atoms with E-state index in [-0.39, 0.29) is 5.91 Å². The molecule has 0 aromatic heterocycles. The molecule has 0 atom stereocenters. The number of hydrogen-bond donors (Lipinski definition) is 1. The van der Waals surface area contributed by atoms with Gasteiger partial charge in [0.15, 0.2) is 0 Å². The first-order valence-corrected chi connectivity index (χ1v) is 8.60. The third-order valence-corrected chi connectivity index (χ3v) is 4.95. The van der Waals surface area contributed by atoms with E-state index in [1.54, 1.807) is 0 Å². The van der Waals surface area contributed by atoms with Crippen LogP contribution in [0.2, 0.25) is 0 Å². The van der Waals surface area contributed by atoms with Crippen LogP contribution in [0.3, 0.4) is 0 Å². The van der Waals surface area contributed by atoms with Crippen molar-refractivity contribution >= 4 is 37.8 Å². The molecule has 1 aromatic rings. The quantitative estimate of drug-likeness (QED) is 0.831. The van der Waals surface area contributed by atoms with Gasteiger partial charge in [-0.15, -0.1) is 0 Å². The summed E-state index contributed by atoms with van der Waals surface area (Å²) in [5.74, 6) is 0.821. The van der Waals surface area contributed by atoms with Crippen molar-refractivity contribution in [2.45, 2.75) is 19.8 Å². The van der Waals surface area contributed by atoms with Gasteiger partial charge in [-0.3, -0.25) is 4.79 Å². The van der Waals surface area contributed by atoms with Gasteiger partial charge < -0.3 is 10.2 Å². The lowest BCUT2D eigenvalue weighted by Crippen LogP contribution is -2.39. The lowest BCUT2D eigenvalue weighted by molar-refractivity contribution is 0.0943. The normalized spacial score (nSPS) is 17.1. The number of nitrogens with zero attached hydrogens (tertiary/aromatic N) is 1. The molecule has 1 amide bonds. The molecular formula is C15H20Br2N2O. The number of hydrogen-bond acceptors (Lipinski definition) is 2. The predicted molar refractivity (Wildman–Crippen MR) is 89.0 cm³/mol. The van der Waals surface area contributed by atoms with E-state index in [9.17, 15) is 4.79 Å². The van der Waals surface area contributed by atoms with Gasteiger partial charge in [0, 0.05) is 22.0 Å². The van der Waals surface area contributed by atoms with E-state index in [4.69, 9.17) is 0 Å². The summed E-state index contributed by atoms with van der Waals surface area (Å²) < 4.78 is 1.74. The number of piperidine rings is 1. The Morgan fingerprint density at radius 3 is 2.75 bits per heavy atom. The smallest absolute Gasteiger partial charge is 0.252 e. The van der Waals surface area contributed by atoms with Crippen LogP contribution >= 0.6 is 31.9 Å². The molecule has 5 heteroatoms. The summed E-state index contributed by atoms with van der Waals surface area (Å²) in [6.07, 6.45) is 2.54. The van der Waals surface area contributed by atoms with Gasteiger partial charge >= 0.3 is 0 Å². The molecule has 0 saturated carbocycles. The Morgan fingerprint density at radius 2 is 2.05 bits per heavy atom. The number of benzene rings is 1. The average molecular weight is 404 g/mol. The van der Waals surface area contributed by atoms with Gasteiger partial charge in [-0.2, -0.15) is 0 Å². The molecule has 1 saturated heterocycles. The van der Waals surface area contributed by atoms with Gasteiger partial charge in [0.25, 0.3) is 5.91 Å². The molecule has 1 aliphatic heterocycles. The second kappa shape index (κ2) is 7.57. The van der Waals surface area contributed by atoms with Crippen LogP contribution in [-0.4, -0.2) is 37.0 Å². The van der Waals surface area contributed by atoms with Crippen molar-refractivity contribution in [3.63, 3.8) is 0 Å². The summed E-state index contributed by atoms with van der Waals surface area (Å²) >= 11 is 6.81. The molecule has 1 heterocycles. The van der Waals surface area contributed by atoms with E-state index >= 15 is 0 Å². The number of carbonyl (C=O) groups is 1. The van der Waals surface area contributed by atoms with Crippen LogP contribution < -0.4 is 5.32 Å². The molecule has 0 radical (unpaired) electrons. The zero-order valence-corrected chi connectivity index (χ0v) is 14.8.